The van der Waals surface area contributed by atoms with Crippen LogP contribution in [0.4, 0.5) is 0 Å². The molecular formula is C11H17N5OS. The van der Waals surface area contributed by atoms with E-state index >= 15 is 0 Å². The maximum Gasteiger partial charge on any atom is 0.223 e. The summed E-state index contributed by atoms with van der Waals surface area (Å²) in [6, 6.07) is 0. The predicted octanol–water partition coefficient (Wildman–Crippen LogP) is 1.22. The molecule has 0 atom stereocenters. The number of rotatable bonds is 3. The van der Waals surface area contributed by atoms with Crippen LogP contribution in [0.25, 0.3) is 11.2 Å². The maximum atomic E-state index is 11.6. The Hall–Kier alpha value is -1.63. The third kappa shape index (κ3) is 2.05. The first-order chi connectivity index (χ1) is 8.41. The van der Waals surface area contributed by atoms with Gasteiger partial charge in [0.15, 0.2) is 10.4 Å². The first kappa shape index (κ1) is 12.8. The Morgan fingerprint density at radius 3 is 2.78 bits per heavy atom. The molecule has 0 radical (unpaired) electrons. The summed E-state index contributed by atoms with van der Waals surface area (Å²) in [6.45, 7) is 2.50. The van der Waals surface area contributed by atoms with E-state index in [1.807, 2.05) is 18.5 Å². The first-order valence-corrected chi connectivity index (χ1v) is 6.15. The van der Waals surface area contributed by atoms with Crippen molar-refractivity contribution in [3.8, 4) is 0 Å². The fraction of sp³-hybridized carbons (Fsp3) is 0.545. The smallest absolute Gasteiger partial charge is 0.223 e. The summed E-state index contributed by atoms with van der Waals surface area (Å²) in [5.74, 6) is 0.0881. The molecule has 0 bridgehead atoms. The average molecular weight is 267 g/mol. The monoisotopic (exact) mass is 267 g/mol. The summed E-state index contributed by atoms with van der Waals surface area (Å²) in [5.41, 5.74) is 2.79. The normalized spacial score (nSPS) is 11.1. The Morgan fingerprint density at radius 2 is 2.17 bits per heavy atom. The Bertz CT molecular complexity index is 648. The van der Waals surface area contributed by atoms with E-state index in [1.54, 1.807) is 23.7 Å². The fourth-order valence-electron chi connectivity index (χ4n) is 2.01. The van der Waals surface area contributed by atoms with Gasteiger partial charge in [0.25, 0.3) is 0 Å². The second-order valence-corrected chi connectivity index (χ2v) is 4.91. The van der Waals surface area contributed by atoms with E-state index in [1.165, 1.54) is 0 Å². The van der Waals surface area contributed by atoms with Crippen molar-refractivity contribution in [1.29, 1.82) is 0 Å². The Balaban J connectivity index is 2.36. The molecule has 0 saturated carbocycles. The van der Waals surface area contributed by atoms with Gasteiger partial charge in [-0.25, -0.2) is 0 Å². The Kier molecular flexibility index (Phi) is 3.25. The van der Waals surface area contributed by atoms with Crippen LogP contribution in [-0.4, -0.2) is 44.2 Å². The minimum absolute atomic E-state index is 0.0881. The van der Waals surface area contributed by atoms with Gasteiger partial charge in [0, 0.05) is 34.1 Å². The van der Waals surface area contributed by atoms with Gasteiger partial charge in [0.2, 0.25) is 5.91 Å². The van der Waals surface area contributed by atoms with Gasteiger partial charge < -0.3 is 14.5 Å². The molecule has 98 valence electrons. The fourth-order valence-corrected chi connectivity index (χ4v) is 2.29. The molecule has 1 amide bonds. The molecule has 2 rings (SSSR count). The molecule has 0 unspecified atom stereocenters. The average Bonchev–Trinajstić information content (AvgIpc) is 2.75. The predicted molar refractivity (Wildman–Crippen MR) is 71.9 cm³/mol. The minimum Gasteiger partial charge on any atom is -0.349 e. The second-order valence-electron chi connectivity index (χ2n) is 4.53. The third-order valence-corrected chi connectivity index (χ3v) is 3.30. The van der Waals surface area contributed by atoms with Gasteiger partial charge in [-0.2, -0.15) is 5.10 Å². The molecule has 2 aromatic heterocycles. The number of aryl methyl sites for hydroxylation is 3. The zero-order chi connectivity index (χ0) is 13.4. The summed E-state index contributed by atoms with van der Waals surface area (Å²) >= 11 is 5.28. The van der Waals surface area contributed by atoms with Crippen molar-refractivity contribution in [1.82, 2.24) is 24.2 Å². The summed E-state index contributed by atoms with van der Waals surface area (Å²) in [6.07, 6.45) is 0.429. The highest BCUT2D eigenvalue weighted by Crippen LogP contribution is 2.17. The van der Waals surface area contributed by atoms with Crippen molar-refractivity contribution in [2.24, 2.45) is 7.05 Å². The highest BCUT2D eigenvalue weighted by molar-refractivity contribution is 7.71. The van der Waals surface area contributed by atoms with Crippen molar-refractivity contribution in [2.45, 2.75) is 19.9 Å². The van der Waals surface area contributed by atoms with Gasteiger partial charge in [-0.15, -0.1) is 0 Å². The van der Waals surface area contributed by atoms with E-state index < -0.39 is 0 Å². The van der Waals surface area contributed by atoms with E-state index in [0.29, 0.717) is 17.7 Å². The van der Waals surface area contributed by atoms with Crippen LogP contribution in [0.3, 0.4) is 0 Å². The number of carbonyl (C=O) groups excluding carboxylic acids is 1. The van der Waals surface area contributed by atoms with Crippen LogP contribution < -0.4 is 0 Å². The summed E-state index contributed by atoms with van der Waals surface area (Å²) < 4.78 is 4.34. The van der Waals surface area contributed by atoms with Gasteiger partial charge in [0.05, 0.1) is 5.69 Å². The first-order valence-electron chi connectivity index (χ1n) is 5.74. The number of hydrogen-bond acceptors (Lipinski definition) is 3. The summed E-state index contributed by atoms with van der Waals surface area (Å²) in [7, 11) is 5.38. The van der Waals surface area contributed by atoms with E-state index in [9.17, 15) is 4.79 Å². The minimum atomic E-state index is 0.0881. The number of hydrogen-bond donors (Lipinski definition) is 1. The standard InChI is InChI=1S/C11H17N5OS/c1-7-9-10(15(4)13-7)16(11(18)12-9)6-5-8(17)14(2)3/h5-6H2,1-4H3,(H,12,18). The van der Waals surface area contributed by atoms with Crippen molar-refractivity contribution in [3.05, 3.63) is 10.5 Å². The molecule has 0 aliphatic rings. The molecule has 0 aliphatic heterocycles. The van der Waals surface area contributed by atoms with Gasteiger partial charge in [-0.1, -0.05) is 0 Å². The van der Waals surface area contributed by atoms with Gasteiger partial charge >= 0.3 is 0 Å². The lowest BCUT2D eigenvalue weighted by Gasteiger charge is -2.10. The Labute approximate surface area is 110 Å². The number of aromatic amines is 1. The molecule has 18 heavy (non-hydrogen) atoms. The van der Waals surface area contributed by atoms with Crippen LogP contribution in [0.15, 0.2) is 0 Å². The third-order valence-electron chi connectivity index (χ3n) is 2.97. The van der Waals surface area contributed by atoms with Crippen LogP contribution in [0.5, 0.6) is 0 Å². The molecule has 1 N–H and O–H groups in total. The molecule has 0 aliphatic carbocycles. The molecule has 0 fully saturated rings. The number of nitrogens with zero attached hydrogens (tertiary/aromatic N) is 4. The number of H-pyrrole nitrogens is 1. The highest BCUT2D eigenvalue weighted by atomic mass is 32.1. The van der Waals surface area contributed by atoms with E-state index in [2.05, 4.69) is 10.1 Å². The molecule has 0 saturated heterocycles. The van der Waals surface area contributed by atoms with Crippen LogP contribution in [-0.2, 0) is 18.4 Å². The Morgan fingerprint density at radius 1 is 1.50 bits per heavy atom. The molecule has 0 spiro atoms. The number of carbonyl (C=O) groups is 1. The molecular weight excluding hydrogens is 250 g/mol. The van der Waals surface area contributed by atoms with Crippen molar-refractivity contribution >= 4 is 29.3 Å². The number of aromatic nitrogens is 4. The molecule has 0 aromatic carbocycles. The van der Waals surface area contributed by atoms with E-state index in [4.69, 9.17) is 12.2 Å². The maximum absolute atomic E-state index is 11.6. The molecule has 2 heterocycles. The zero-order valence-corrected chi connectivity index (χ0v) is 11.8. The van der Waals surface area contributed by atoms with Crippen LogP contribution in [0.1, 0.15) is 12.1 Å². The van der Waals surface area contributed by atoms with Crippen LogP contribution in [0.2, 0.25) is 0 Å². The van der Waals surface area contributed by atoms with Crippen molar-refractivity contribution < 1.29 is 4.79 Å². The van der Waals surface area contributed by atoms with Crippen molar-refractivity contribution in [3.63, 3.8) is 0 Å². The SMILES string of the molecule is Cc1nn(C)c2c1[nH]c(=S)n2CCC(=O)N(C)C. The lowest BCUT2D eigenvalue weighted by molar-refractivity contribution is -0.128. The number of amides is 1. The van der Waals surface area contributed by atoms with E-state index in [-0.39, 0.29) is 5.91 Å². The van der Waals surface area contributed by atoms with Gasteiger partial charge in [0.1, 0.15) is 5.52 Å². The van der Waals surface area contributed by atoms with Crippen LogP contribution >= 0.6 is 12.2 Å². The quantitative estimate of drug-likeness (QED) is 0.851. The topological polar surface area (TPSA) is 58.9 Å². The van der Waals surface area contributed by atoms with Gasteiger partial charge in [-0.05, 0) is 19.1 Å². The molecule has 6 nitrogen and oxygen atoms in total. The summed E-state index contributed by atoms with van der Waals surface area (Å²) in [4.78, 5) is 16.3. The van der Waals surface area contributed by atoms with E-state index in [0.717, 1.165) is 16.9 Å². The zero-order valence-electron chi connectivity index (χ0n) is 11.0. The lowest BCUT2D eigenvalue weighted by atomic mass is 10.3. The largest absolute Gasteiger partial charge is 0.349 e. The number of fused-ring (bicyclic) bond motifs is 1. The lowest BCUT2D eigenvalue weighted by Crippen LogP contribution is -2.23. The second kappa shape index (κ2) is 4.56. The number of imidazole rings is 1. The highest BCUT2D eigenvalue weighted by Gasteiger charge is 2.13. The molecule has 2 aromatic rings. The van der Waals surface area contributed by atoms with Crippen LogP contribution in [0, 0.1) is 11.7 Å². The van der Waals surface area contributed by atoms with Gasteiger partial charge in [-0.3, -0.25) is 9.48 Å². The number of nitrogens with one attached hydrogen (secondary N) is 1. The van der Waals surface area contributed by atoms with Crippen molar-refractivity contribution in [2.75, 3.05) is 14.1 Å². The molecule has 7 heteroatoms. The summed E-state index contributed by atoms with van der Waals surface area (Å²) in [5, 5.41) is 4.34.